The van der Waals surface area contributed by atoms with E-state index in [2.05, 4.69) is 33.8 Å². The molecule has 0 aliphatic heterocycles. The molecule has 3 N–H and O–H groups in total. The molecule has 122 valence electrons. The summed E-state index contributed by atoms with van der Waals surface area (Å²) < 4.78 is 0. The van der Waals surface area contributed by atoms with Gasteiger partial charge in [-0.1, -0.05) is 24.3 Å². The van der Waals surface area contributed by atoms with E-state index >= 15 is 0 Å². The summed E-state index contributed by atoms with van der Waals surface area (Å²) in [6, 6.07) is 15.7. The summed E-state index contributed by atoms with van der Waals surface area (Å²) >= 11 is 0. The molecule has 0 bridgehead atoms. The Morgan fingerprint density at radius 3 is 2.75 bits per heavy atom. The van der Waals surface area contributed by atoms with E-state index in [9.17, 15) is 4.79 Å². The molecule has 0 spiro atoms. The smallest absolute Gasteiger partial charge is 0.319 e. The molecule has 2 aromatic carbocycles. The summed E-state index contributed by atoms with van der Waals surface area (Å²) in [6.07, 6.45) is 4.84. The molecule has 1 aromatic heterocycles. The third-order valence-electron chi connectivity index (χ3n) is 4.65. The van der Waals surface area contributed by atoms with Crippen LogP contribution in [-0.2, 0) is 19.4 Å². The average Bonchev–Trinajstić information content (AvgIpc) is 2.99. The number of hydrogen-bond donors (Lipinski definition) is 3. The Hall–Kier alpha value is -2.75. The fraction of sp³-hybridized carbons (Fsp3) is 0.250. The number of rotatable bonds is 3. The van der Waals surface area contributed by atoms with Crippen LogP contribution in [0.1, 0.15) is 29.7 Å². The molecule has 0 unspecified atom stereocenters. The minimum Gasteiger partial charge on any atom is -0.358 e. The number of anilines is 1. The van der Waals surface area contributed by atoms with Gasteiger partial charge in [0, 0.05) is 28.8 Å². The maximum Gasteiger partial charge on any atom is 0.319 e. The molecule has 1 aliphatic carbocycles. The van der Waals surface area contributed by atoms with Gasteiger partial charge in [-0.05, 0) is 61.1 Å². The standard InChI is InChI=1S/C20H21N3O/c24-20(22-15-6-2-1-3-7-15)21-13-14-10-11-19-17(12-14)16-8-4-5-9-18(16)23-19/h1-3,6-7,10-12,23H,4-5,8-9,13H2,(H2,21,22,24). The SMILES string of the molecule is O=C(NCc1ccc2[nH]c3c(c2c1)CCCC3)Nc1ccccc1. The van der Waals surface area contributed by atoms with Crippen LogP contribution < -0.4 is 10.6 Å². The number of fused-ring (bicyclic) bond motifs is 3. The Morgan fingerprint density at radius 2 is 1.88 bits per heavy atom. The van der Waals surface area contributed by atoms with Crippen molar-refractivity contribution in [1.29, 1.82) is 0 Å². The maximum absolute atomic E-state index is 12.0. The minimum absolute atomic E-state index is 0.183. The van der Waals surface area contributed by atoms with Crippen LogP contribution in [0.5, 0.6) is 0 Å². The number of carbonyl (C=O) groups is 1. The first-order valence-electron chi connectivity index (χ1n) is 8.52. The molecule has 3 aromatic rings. The molecule has 24 heavy (non-hydrogen) atoms. The van der Waals surface area contributed by atoms with Gasteiger partial charge >= 0.3 is 6.03 Å². The van der Waals surface area contributed by atoms with Gasteiger partial charge < -0.3 is 15.6 Å². The fourth-order valence-corrected chi connectivity index (χ4v) is 3.44. The second-order valence-corrected chi connectivity index (χ2v) is 6.34. The predicted molar refractivity (Wildman–Crippen MR) is 97.2 cm³/mol. The maximum atomic E-state index is 12.0. The van der Waals surface area contributed by atoms with Crippen molar-refractivity contribution in [2.45, 2.75) is 32.2 Å². The number of benzene rings is 2. The van der Waals surface area contributed by atoms with Crippen LogP contribution in [0.3, 0.4) is 0 Å². The van der Waals surface area contributed by atoms with Crippen molar-refractivity contribution in [2.24, 2.45) is 0 Å². The van der Waals surface area contributed by atoms with E-state index in [1.54, 1.807) is 0 Å². The minimum atomic E-state index is -0.183. The van der Waals surface area contributed by atoms with Crippen LogP contribution in [0.4, 0.5) is 10.5 Å². The molecular formula is C20H21N3O. The lowest BCUT2D eigenvalue weighted by atomic mass is 9.95. The Kier molecular flexibility index (Phi) is 3.95. The highest BCUT2D eigenvalue weighted by atomic mass is 16.2. The van der Waals surface area contributed by atoms with Gasteiger partial charge in [0.25, 0.3) is 0 Å². The first-order valence-corrected chi connectivity index (χ1v) is 8.52. The van der Waals surface area contributed by atoms with Gasteiger partial charge in [0.2, 0.25) is 0 Å². The molecule has 0 atom stereocenters. The summed E-state index contributed by atoms with van der Waals surface area (Å²) in [4.78, 5) is 15.5. The van der Waals surface area contributed by atoms with Gasteiger partial charge in [-0.2, -0.15) is 0 Å². The van der Waals surface area contributed by atoms with Gasteiger partial charge in [-0.3, -0.25) is 0 Å². The number of carbonyl (C=O) groups excluding carboxylic acids is 1. The lowest BCUT2D eigenvalue weighted by Gasteiger charge is -2.11. The second kappa shape index (κ2) is 6.40. The normalized spacial score (nSPS) is 13.5. The number of para-hydroxylation sites is 1. The van der Waals surface area contributed by atoms with Crippen molar-refractivity contribution in [3.63, 3.8) is 0 Å². The molecule has 4 heteroatoms. The Labute approximate surface area is 141 Å². The molecule has 4 nitrogen and oxygen atoms in total. The zero-order valence-corrected chi connectivity index (χ0v) is 13.6. The van der Waals surface area contributed by atoms with Crippen molar-refractivity contribution < 1.29 is 4.79 Å². The predicted octanol–water partition coefficient (Wildman–Crippen LogP) is 4.37. The number of amides is 2. The lowest BCUT2D eigenvalue weighted by molar-refractivity contribution is 0.251. The summed E-state index contributed by atoms with van der Waals surface area (Å²) in [5.41, 5.74) is 5.98. The second-order valence-electron chi connectivity index (χ2n) is 6.34. The highest BCUT2D eigenvalue weighted by molar-refractivity contribution is 5.89. The molecular weight excluding hydrogens is 298 g/mol. The summed E-state index contributed by atoms with van der Waals surface area (Å²) in [6.45, 7) is 0.522. The molecule has 0 saturated carbocycles. The van der Waals surface area contributed by atoms with Crippen molar-refractivity contribution in [2.75, 3.05) is 5.32 Å². The fourth-order valence-electron chi connectivity index (χ4n) is 3.44. The van der Waals surface area contributed by atoms with Crippen LogP contribution in [0.2, 0.25) is 0 Å². The average molecular weight is 319 g/mol. The quantitative estimate of drug-likeness (QED) is 0.660. The molecule has 2 amide bonds. The number of nitrogens with one attached hydrogen (secondary N) is 3. The first-order chi connectivity index (χ1) is 11.8. The number of aromatic amines is 1. The Balaban J connectivity index is 1.45. The van der Waals surface area contributed by atoms with E-state index in [4.69, 9.17) is 0 Å². The van der Waals surface area contributed by atoms with Gasteiger partial charge in [0.05, 0.1) is 0 Å². The van der Waals surface area contributed by atoms with E-state index in [-0.39, 0.29) is 6.03 Å². The van der Waals surface area contributed by atoms with E-state index in [1.165, 1.54) is 35.0 Å². The number of urea groups is 1. The van der Waals surface area contributed by atoms with Crippen molar-refractivity contribution in [1.82, 2.24) is 10.3 Å². The van der Waals surface area contributed by atoms with E-state index in [0.717, 1.165) is 24.1 Å². The van der Waals surface area contributed by atoms with Crippen molar-refractivity contribution >= 4 is 22.6 Å². The van der Waals surface area contributed by atoms with Gasteiger partial charge in [-0.15, -0.1) is 0 Å². The van der Waals surface area contributed by atoms with Crippen molar-refractivity contribution in [3.05, 3.63) is 65.4 Å². The Morgan fingerprint density at radius 1 is 1.04 bits per heavy atom. The third kappa shape index (κ3) is 3.00. The zero-order valence-electron chi connectivity index (χ0n) is 13.6. The third-order valence-corrected chi connectivity index (χ3v) is 4.65. The Bertz CT molecular complexity index is 867. The largest absolute Gasteiger partial charge is 0.358 e. The molecule has 0 radical (unpaired) electrons. The van der Waals surface area contributed by atoms with Crippen LogP contribution in [0.25, 0.3) is 10.9 Å². The lowest BCUT2D eigenvalue weighted by Crippen LogP contribution is -2.28. The summed E-state index contributed by atoms with van der Waals surface area (Å²) in [5.74, 6) is 0. The topological polar surface area (TPSA) is 56.9 Å². The molecule has 0 fully saturated rings. The van der Waals surface area contributed by atoms with E-state index in [0.29, 0.717) is 6.54 Å². The number of aryl methyl sites for hydroxylation is 2. The number of H-pyrrole nitrogens is 1. The summed E-state index contributed by atoms with van der Waals surface area (Å²) in [7, 11) is 0. The van der Waals surface area contributed by atoms with Gasteiger partial charge in [-0.25, -0.2) is 4.79 Å². The highest BCUT2D eigenvalue weighted by Gasteiger charge is 2.15. The van der Waals surface area contributed by atoms with Crippen LogP contribution in [0.15, 0.2) is 48.5 Å². The van der Waals surface area contributed by atoms with E-state index < -0.39 is 0 Å². The number of hydrogen-bond acceptors (Lipinski definition) is 1. The summed E-state index contributed by atoms with van der Waals surface area (Å²) in [5, 5.41) is 7.07. The molecule has 1 aliphatic rings. The molecule has 1 heterocycles. The van der Waals surface area contributed by atoms with Crippen LogP contribution >= 0.6 is 0 Å². The van der Waals surface area contributed by atoms with Crippen LogP contribution in [0, 0.1) is 0 Å². The molecule has 4 rings (SSSR count). The monoisotopic (exact) mass is 319 g/mol. The first kappa shape index (κ1) is 14.8. The van der Waals surface area contributed by atoms with Gasteiger partial charge in [0.1, 0.15) is 0 Å². The van der Waals surface area contributed by atoms with Crippen LogP contribution in [-0.4, -0.2) is 11.0 Å². The zero-order chi connectivity index (χ0) is 16.4. The van der Waals surface area contributed by atoms with Crippen molar-refractivity contribution in [3.8, 4) is 0 Å². The van der Waals surface area contributed by atoms with Gasteiger partial charge in [0.15, 0.2) is 0 Å². The number of aromatic nitrogens is 1. The highest BCUT2D eigenvalue weighted by Crippen LogP contribution is 2.29. The van der Waals surface area contributed by atoms with E-state index in [1.807, 2.05) is 30.3 Å². The molecule has 0 saturated heterocycles.